The molecule has 0 bridgehead atoms. The summed E-state index contributed by atoms with van der Waals surface area (Å²) in [6, 6.07) is 7.33. The minimum Gasteiger partial charge on any atom is -0.296 e. The van der Waals surface area contributed by atoms with E-state index in [1.54, 1.807) is 6.07 Å². The summed E-state index contributed by atoms with van der Waals surface area (Å²) in [5.74, 6) is -0.203. The van der Waals surface area contributed by atoms with E-state index in [0.717, 1.165) is 16.9 Å². The normalized spacial score (nSPS) is 10.1. The molecule has 0 fully saturated rings. The van der Waals surface area contributed by atoms with Crippen molar-refractivity contribution in [1.82, 2.24) is 10.2 Å². The lowest BCUT2D eigenvalue weighted by Crippen LogP contribution is -2.12. The van der Waals surface area contributed by atoms with Crippen LogP contribution in [0.2, 0.25) is 4.47 Å². The molecule has 0 saturated carbocycles. The molecule has 16 heavy (non-hydrogen) atoms. The van der Waals surface area contributed by atoms with Crippen LogP contribution in [0.4, 0.5) is 5.13 Å². The summed E-state index contributed by atoms with van der Waals surface area (Å²) in [4.78, 5) is 11.8. The Bertz CT molecular complexity index is 526. The van der Waals surface area contributed by atoms with Gasteiger partial charge < -0.3 is 0 Å². The quantitative estimate of drug-likeness (QED) is 0.895. The van der Waals surface area contributed by atoms with Gasteiger partial charge in [0.25, 0.3) is 5.91 Å². The van der Waals surface area contributed by atoms with Crippen LogP contribution in [0.15, 0.2) is 24.3 Å². The van der Waals surface area contributed by atoms with Crippen LogP contribution in [0.25, 0.3) is 0 Å². The van der Waals surface area contributed by atoms with Crippen LogP contribution in [0.5, 0.6) is 0 Å². The first-order valence-corrected chi connectivity index (χ1v) is 5.72. The predicted octanol–water partition coefficient (Wildman–Crippen LogP) is 2.75. The molecule has 0 spiro atoms. The standard InChI is InChI=1S/C10H8ClN3OS/c1-6-4-2-3-5-7(6)8(15)12-10-14-13-9(11)16-10/h2-5H,1H3,(H,12,14,15). The highest BCUT2D eigenvalue weighted by Crippen LogP contribution is 2.20. The van der Waals surface area contributed by atoms with Gasteiger partial charge in [0, 0.05) is 5.56 Å². The number of benzene rings is 1. The molecule has 0 atom stereocenters. The average Bonchev–Trinajstić information content (AvgIpc) is 2.64. The third-order valence-electron chi connectivity index (χ3n) is 2.01. The summed E-state index contributed by atoms with van der Waals surface area (Å²) >= 11 is 6.74. The number of aryl methyl sites for hydroxylation is 1. The maximum absolute atomic E-state index is 11.8. The summed E-state index contributed by atoms with van der Waals surface area (Å²) in [5, 5.41) is 10.4. The Morgan fingerprint density at radius 3 is 2.75 bits per heavy atom. The monoisotopic (exact) mass is 253 g/mol. The number of hydrogen-bond acceptors (Lipinski definition) is 4. The second kappa shape index (κ2) is 4.59. The highest BCUT2D eigenvalue weighted by atomic mass is 35.5. The molecule has 6 heteroatoms. The molecule has 0 aliphatic rings. The first-order valence-electron chi connectivity index (χ1n) is 4.53. The van der Waals surface area contributed by atoms with Crippen molar-refractivity contribution in [1.29, 1.82) is 0 Å². The smallest absolute Gasteiger partial charge is 0.257 e. The van der Waals surface area contributed by atoms with Gasteiger partial charge >= 0.3 is 0 Å². The Balaban J connectivity index is 2.18. The molecule has 2 aromatic rings. The largest absolute Gasteiger partial charge is 0.296 e. The number of nitrogens with one attached hydrogen (secondary N) is 1. The second-order valence-electron chi connectivity index (χ2n) is 3.13. The van der Waals surface area contributed by atoms with E-state index in [4.69, 9.17) is 11.6 Å². The van der Waals surface area contributed by atoms with E-state index >= 15 is 0 Å². The lowest BCUT2D eigenvalue weighted by molar-refractivity contribution is 0.102. The van der Waals surface area contributed by atoms with Crippen molar-refractivity contribution >= 4 is 34.0 Å². The summed E-state index contributed by atoms with van der Waals surface area (Å²) in [5.41, 5.74) is 1.53. The molecule has 2 rings (SSSR count). The molecule has 0 aliphatic heterocycles. The fourth-order valence-electron chi connectivity index (χ4n) is 1.25. The molecule has 82 valence electrons. The SMILES string of the molecule is Cc1ccccc1C(=O)Nc1nnc(Cl)s1. The van der Waals surface area contributed by atoms with Gasteiger partial charge in [-0.25, -0.2) is 0 Å². The molecule has 1 heterocycles. The maximum Gasteiger partial charge on any atom is 0.257 e. The fraction of sp³-hybridized carbons (Fsp3) is 0.100. The van der Waals surface area contributed by atoms with E-state index in [1.165, 1.54) is 0 Å². The van der Waals surface area contributed by atoms with Crippen LogP contribution < -0.4 is 5.32 Å². The zero-order chi connectivity index (χ0) is 11.5. The summed E-state index contributed by atoms with van der Waals surface area (Å²) in [6.45, 7) is 1.88. The first kappa shape index (κ1) is 11.0. The van der Waals surface area contributed by atoms with Gasteiger partial charge in [-0.3, -0.25) is 10.1 Å². The highest BCUT2D eigenvalue weighted by Gasteiger charge is 2.10. The lowest BCUT2D eigenvalue weighted by atomic mass is 10.1. The minimum absolute atomic E-state index is 0.203. The molecule has 4 nitrogen and oxygen atoms in total. The molecule has 0 aliphatic carbocycles. The Kier molecular flexibility index (Phi) is 3.17. The van der Waals surface area contributed by atoms with E-state index in [-0.39, 0.29) is 5.91 Å². The van der Waals surface area contributed by atoms with Gasteiger partial charge in [-0.1, -0.05) is 29.5 Å². The van der Waals surface area contributed by atoms with Crippen molar-refractivity contribution in [2.75, 3.05) is 5.32 Å². The van der Waals surface area contributed by atoms with Crippen molar-refractivity contribution in [2.45, 2.75) is 6.92 Å². The second-order valence-corrected chi connectivity index (χ2v) is 4.69. The summed E-state index contributed by atoms with van der Waals surface area (Å²) < 4.78 is 0.306. The summed E-state index contributed by atoms with van der Waals surface area (Å²) in [7, 11) is 0. The summed E-state index contributed by atoms with van der Waals surface area (Å²) in [6.07, 6.45) is 0. The topological polar surface area (TPSA) is 54.9 Å². The van der Waals surface area contributed by atoms with Gasteiger partial charge in [-0.15, -0.1) is 10.2 Å². The van der Waals surface area contributed by atoms with E-state index < -0.39 is 0 Å². The number of anilines is 1. The Labute approximate surface area is 101 Å². The van der Waals surface area contributed by atoms with Gasteiger partial charge in [0.05, 0.1) is 0 Å². The number of hydrogen-bond donors (Lipinski definition) is 1. The zero-order valence-corrected chi connectivity index (χ0v) is 9.97. The lowest BCUT2D eigenvalue weighted by Gasteiger charge is -2.03. The minimum atomic E-state index is -0.203. The van der Waals surface area contributed by atoms with Crippen LogP contribution in [0.1, 0.15) is 15.9 Å². The van der Waals surface area contributed by atoms with Crippen molar-refractivity contribution in [3.63, 3.8) is 0 Å². The number of nitrogens with zero attached hydrogens (tertiary/aromatic N) is 2. The highest BCUT2D eigenvalue weighted by molar-refractivity contribution is 7.19. The zero-order valence-electron chi connectivity index (χ0n) is 8.40. The van der Waals surface area contributed by atoms with Crippen LogP contribution in [0.3, 0.4) is 0 Å². The molecule has 0 unspecified atom stereocenters. The third-order valence-corrected chi connectivity index (χ3v) is 2.94. The van der Waals surface area contributed by atoms with Gasteiger partial charge in [0.1, 0.15) is 0 Å². The molecular formula is C10H8ClN3OS. The molecule has 1 N–H and O–H groups in total. The molecule has 1 aromatic heterocycles. The Morgan fingerprint density at radius 1 is 1.38 bits per heavy atom. The van der Waals surface area contributed by atoms with Crippen molar-refractivity contribution in [2.24, 2.45) is 0 Å². The van der Waals surface area contributed by atoms with E-state index in [0.29, 0.717) is 15.2 Å². The van der Waals surface area contributed by atoms with Gasteiger partial charge in [-0.05, 0) is 30.2 Å². The predicted molar refractivity (Wildman–Crippen MR) is 64.1 cm³/mol. The first-order chi connectivity index (χ1) is 7.66. The fourth-order valence-corrected chi connectivity index (χ4v) is 1.97. The van der Waals surface area contributed by atoms with Gasteiger partial charge in [0.2, 0.25) is 9.60 Å². The number of rotatable bonds is 2. The maximum atomic E-state index is 11.8. The third kappa shape index (κ3) is 2.37. The molecule has 0 saturated heterocycles. The molecule has 1 aromatic carbocycles. The van der Waals surface area contributed by atoms with E-state index in [9.17, 15) is 4.79 Å². The Hall–Kier alpha value is -1.46. The van der Waals surface area contributed by atoms with Crippen molar-refractivity contribution in [3.05, 3.63) is 39.9 Å². The van der Waals surface area contributed by atoms with Gasteiger partial charge in [0.15, 0.2) is 0 Å². The number of carbonyl (C=O) groups is 1. The van der Waals surface area contributed by atoms with E-state index in [2.05, 4.69) is 15.5 Å². The Morgan fingerprint density at radius 2 is 2.12 bits per heavy atom. The average molecular weight is 254 g/mol. The van der Waals surface area contributed by atoms with Crippen LogP contribution in [-0.4, -0.2) is 16.1 Å². The van der Waals surface area contributed by atoms with Gasteiger partial charge in [-0.2, -0.15) is 0 Å². The number of aromatic nitrogens is 2. The molecule has 1 amide bonds. The van der Waals surface area contributed by atoms with E-state index in [1.807, 2.05) is 25.1 Å². The number of amides is 1. The van der Waals surface area contributed by atoms with Crippen molar-refractivity contribution in [3.8, 4) is 0 Å². The number of carbonyl (C=O) groups excluding carboxylic acids is 1. The van der Waals surface area contributed by atoms with Crippen LogP contribution >= 0.6 is 22.9 Å². The van der Waals surface area contributed by atoms with Crippen LogP contribution in [0, 0.1) is 6.92 Å². The van der Waals surface area contributed by atoms with Crippen molar-refractivity contribution < 1.29 is 4.79 Å². The molecular weight excluding hydrogens is 246 g/mol. The number of halogens is 1. The van der Waals surface area contributed by atoms with Crippen LogP contribution in [-0.2, 0) is 0 Å². The molecule has 0 radical (unpaired) electrons.